The minimum atomic E-state index is -3.39. The lowest BCUT2D eigenvalue weighted by Gasteiger charge is -2.15. The summed E-state index contributed by atoms with van der Waals surface area (Å²) >= 11 is 1.34. The molecule has 19 heavy (non-hydrogen) atoms. The monoisotopic (exact) mass is 306 g/mol. The van der Waals surface area contributed by atoms with Gasteiger partial charge in [0.2, 0.25) is 0 Å². The third-order valence-electron chi connectivity index (χ3n) is 2.81. The molecule has 0 bridgehead atoms. The van der Waals surface area contributed by atoms with Crippen molar-refractivity contribution in [3.8, 4) is 0 Å². The smallest absolute Gasteiger partial charge is 0.252 e. The van der Waals surface area contributed by atoms with Gasteiger partial charge in [0.15, 0.2) is 0 Å². The average Bonchev–Trinajstić information content (AvgIpc) is 2.75. The number of hydrogen-bond acceptors (Lipinski definition) is 5. The summed E-state index contributed by atoms with van der Waals surface area (Å²) < 4.78 is 31.3. The predicted molar refractivity (Wildman–Crippen MR) is 78.1 cm³/mol. The molecule has 7 heteroatoms. The fraction of sp³-hybridized carbons (Fsp3) is 0.667. The van der Waals surface area contributed by atoms with Crippen molar-refractivity contribution in [2.45, 2.75) is 24.6 Å². The van der Waals surface area contributed by atoms with Gasteiger partial charge >= 0.3 is 0 Å². The Morgan fingerprint density at radius 3 is 2.74 bits per heavy atom. The lowest BCUT2D eigenvalue weighted by molar-refractivity contribution is 0.185. The molecule has 0 saturated carbocycles. The second-order valence-electron chi connectivity index (χ2n) is 4.27. The molecule has 1 N–H and O–H groups in total. The Morgan fingerprint density at radius 1 is 1.47 bits per heavy atom. The zero-order chi connectivity index (χ0) is 14.5. The molecule has 1 aromatic heterocycles. The van der Waals surface area contributed by atoms with Crippen LogP contribution in [0.1, 0.15) is 17.4 Å². The molecular formula is C12H22N2O3S2. The minimum Gasteiger partial charge on any atom is -0.383 e. The molecule has 0 aromatic carbocycles. The van der Waals surface area contributed by atoms with Crippen molar-refractivity contribution in [3.63, 3.8) is 0 Å². The highest BCUT2D eigenvalue weighted by Crippen LogP contribution is 2.27. The summed E-state index contributed by atoms with van der Waals surface area (Å²) in [6.07, 6.45) is 0. The van der Waals surface area contributed by atoms with Crippen molar-refractivity contribution < 1.29 is 13.2 Å². The van der Waals surface area contributed by atoms with E-state index in [-0.39, 0.29) is 0 Å². The molecule has 0 atom stereocenters. The summed E-state index contributed by atoms with van der Waals surface area (Å²) in [7, 11) is -0.257. The van der Waals surface area contributed by atoms with E-state index >= 15 is 0 Å². The Labute approximate surface area is 119 Å². The zero-order valence-electron chi connectivity index (χ0n) is 11.9. The van der Waals surface area contributed by atoms with Crippen molar-refractivity contribution in [1.29, 1.82) is 0 Å². The first-order valence-corrected chi connectivity index (χ1v) is 8.44. The average molecular weight is 306 g/mol. The van der Waals surface area contributed by atoms with E-state index in [0.29, 0.717) is 23.9 Å². The van der Waals surface area contributed by atoms with Crippen molar-refractivity contribution in [3.05, 3.63) is 16.5 Å². The summed E-state index contributed by atoms with van der Waals surface area (Å²) in [6, 6.07) is 1.75. The highest BCUT2D eigenvalue weighted by molar-refractivity contribution is 7.91. The van der Waals surface area contributed by atoms with Gasteiger partial charge in [-0.25, -0.2) is 8.42 Å². The maximum absolute atomic E-state index is 12.3. The van der Waals surface area contributed by atoms with Crippen LogP contribution >= 0.6 is 11.3 Å². The van der Waals surface area contributed by atoms with Gasteiger partial charge in [0, 0.05) is 32.1 Å². The second kappa shape index (κ2) is 7.35. The number of nitrogens with one attached hydrogen (secondary N) is 1. The van der Waals surface area contributed by atoms with Gasteiger partial charge in [-0.1, -0.05) is 6.92 Å². The number of ether oxygens (including phenoxy) is 1. The number of aryl methyl sites for hydroxylation is 1. The Kier molecular flexibility index (Phi) is 6.41. The van der Waals surface area contributed by atoms with E-state index in [1.54, 1.807) is 20.2 Å². The minimum absolute atomic E-state index is 0.359. The number of rotatable bonds is 8. The van der Waals surface area contributed by atoms with Gasteiger partial charge in [-0.05, 0) is 25.1 Å². The van der Waals surface area contributed by atoms with Crippen LogP contribution in [-0.2, 0) is 21.3 Å². The van der Waals surface area contributed by atoms with Gasteiger partial charge in [-0.3, -0.25) is 0 Å². The Balaban J connectivity index is 2.89. The normalized spacial score (nSPS) is 12.3. The number of likely N-dealkylation sites (N-methyl/N-ethyl adjacent to an activating group) is 1. The van der Waals surface area contributed by atoms with Crippen LogP contribution in [0.2, 0.25) is 0 Å². The van der Waals surface area contributed by atoms with E-state index in [1.165, 1.54) is 15.6 Å². The predicted octanol–water partition coefficient (Wildman–Crippen LogP) is 1.43. The molecule has 0 radical (unpaired) electrons. The second-order valence-corrected chi connectivity index (χ2v) is 7.68. The van der Waals surface area contributed by atoms with Crippen LogP contribution in [0.3, 0.4) is 0 Å². The van der Waals surface area contributed by atoms with Crippen LogP contribution in [0.5, 0.6) is 0 Å². The van der Waals surface area contributed by atoms with Crippen molar-refractivity contribution in [2.75, 3.05) is 33.9 Å². The molecule has 1 rings (SSSR count). The number of hydrogen-bond donors (Lipinski definition) is 1. The quantitative estimate of drug-likeness (QED) is 0.789. The van der Waals surface area contributed by atoms with Gasteiger partial charge in [0.25, 0.3) is 10.0 Å². The molecule has 0 amide bonds. The molecule has 0 aliphatic heterocycles. The Morgan fingerprint density at radius 2 is 2.16 bits per heavy atom. The molecule has 0 aliphatic rings. The molecule has 1 aromatic rings. The third kappa shape index (κ3) is 4.25. The molecule has 0 unspecified atom stereocenters. The van der Waals surface area contributed by atoms with Crippen molar-refractivity contribution >= 4 is 21.4 Å². The van der Waals surface area contributed by atoms with Crippen LogP contribution in [-0.4, -0.2) is 46.6 Å². The maximum atomic E-state index is 12.3. The molecule has 5 nitrogen and oxygen atoms in total. The van der Waals surface area contributed by atoms with E-state index in [2.05, 4.69) is 5.32 Å². The summed E-state index contributed by atoms with van der Waals surface area (Å²) in [4.78, 5) is 1.07. The lowest BCUT2D eigenvalue weighted by Crippen LogP contribution is -2.29. The highest BCUT2D eigenvalue weighted by Gasteiger charge is 2.23. The number of methoxy groups -OCH3 is 1. The molecule has 0 fully saturated rings. The summed E-state index contributed by atoms with van der Waals surface area (Å²) in [5.74, 6) is 0. The van der Waals surface area contributed by atoms with Gasteiger partial charge in [-0.2, -0.15) is 4.31 Å². The standard InChI is InChI=1S/C12H22N2O3S2/c1-5-13-9-11-10(2)8-12(18-11)19(15,16)14(3)6-7-17-4/h8,13H,5-7,9H2,1-4H3. The van der Waals surface area contributed by atoms with E-state index in [0.717, 1.165) is 17.0 Å². The zero-order valence-corrected chi connectivity index (χ0v) is 13.5. The van der Waals surface area contributed by atoms with E-state index < -0.39 is 10.0 Å². The van der Waals surface area contributed by atoms with E-state index in [9.17, 15) is 8.42 Å². The van der Waals surface area contributed by atoms with Crippen LogP contribution in [0, 0.1) is 6.92 Å². The highest BCUT2D eigenvalue weighted by atomic mass is 32.2. The van der Waals surface area contributed by atoms with Crippen LogP contribution in [0.25, 0.3) is 0 Å². The van der Waals surface area contributed by atoms with Gasteiger partial charge < -0.3 is 10.1 Å². The van der Waals surface area contributed by atoms with Gasteiger partial charge in [-0.15, -0.1) is 11.3 Å². The molecule has 0 saturated heterocycles. The van der Waals surface area contributed by atoms with E-state index in [4.69, 9.17) is 4.74 Å². The first-order valence-electron chi connectivity index (χ1n) is 6.18. The Bertz CT molecular complexity index is 497. The van der Waals surface area contributed by atoms with Crippen LogP contribution in [0.4, 0.5) is 0 Å². The van der Waals surface area contributed by atoms with Crippen LogP contribution < -0.4 is 5.32 Å². The molecule has 0 spiro atoms. The fourth-order valence-electron chi connectivity index (χ4n) is 1.52. The largest absolute Gasteiger partial charge is 0.383 e. The summed E-state index contributed by atoms with van der Waals surface area (Å²) in [5.41, 5.74) is 1.02. The Hall–Kier alpha value is -0.470. The van der Waals surface area contributed by atoms with E-state index in [1.807, 2.05) is 13.8 Å². The fourth-order valence-corrected chi connectivity index (χ4v) is 4.45. The van der Waals surface area contributed by atoms with Gasteiger partial charge in [0.1, 0.15) is 4.21 Å². The SMILES string of the molecule is CCNCc1sc(S(=O)(=O)N(C)CCOC)cc1C. The van der Waals surface area contributed by atoms with Crippen molar-refractivity contribution in [2.24, 2.45) is 0 Å². The first kappa shape index (κ1) is 16.6. The molecular weight excluding hydrogens is 284 g/mol. The van der Waals surface area contributed by atoms with Crippen LogP contribution in [0.15, 0.2) is 10.3 Å². The number of sulfonamides is 1. The third-order valence-corrected chi connectivity index (χ3v) is 6.35. The number of nitrogens with zero attached hydrogens (tertiary/aromatic N) is 1. The lowest BCUT2D eigenvalue weighted by atomic mass is 10.3. The first-order chi connectivity index (χ1) is 8.93. The van der Waals surface area contributed by atoms with Gasteiger partial charge in [0.05, 0.1) is 6.61 Å². The maximum Gasteiger partial charge on any atom is 0.252 e. The summed E-state index contributed by atoms with van der Waals surface area (Å²) in [6.45, 7) is 6.30. The van der Waals surface area contributed by atoms with Crippen molar-refractivity contribution in [1.82, 2.24) is 9.62 Å². The molecule has 0 aliphatic carbocycles. The topological polar surface area (TPSA) is 58.6 Å². The molecule has 110 valence electrons. The molecule has 1 heterocycles. The summed E-state index contributed by atoms with van der Waals surface area (Å²) in [5, 5.41) is 3.22. The number of thiophene rings is 1.